The summed E-state index contributed by atoms with van der Waals surface area (Å²) in [5.41, 5.74) is -1.75. The van der Waals surface area contributed by atoms with Gasteiger partial charge in [0.1, 0.15) is 29.9 Å². The molecule has 0 radical (unpaired) electrons. The van der Waals surface area contributed by atoms with E-state index in [1.54, 1.807) is 6.07 Å². The first kappa shape index (κ1) is 16.5. The van der Waals surface area contributed by atoms with Crippen molar-refractivity contribution in [1.82, 2.24) is 4.98 Å². The maximum atomic E-state index is 13.7. The largest absolute Gasteiger partial charge is 0.473 e. The average Bonchev–Trinajstić information content (AvgIpc) is 2.58. The summed E-state index contributed by atoms with van der Waals surface area (Å²) in [4.78, 5) is 14.1. The summed E-state index contributed by atoms with van der Waals surface area (Å²) in [6.07, 6.45) is 0. The van der Waals surface area contributed by atoms with E-state index in [9.17, 15) is 22.4 Å². The molecule has 25 heavy (non-hydrogen) atoms. The first-order valence-corrected chi connectivity index (χ1v) is 6.93. The van der Waals surface area contributed by atoms with E-state index in [4.69, 9.17) is 10.00 Å². The molecule has 0 fully saturated rings. The van der Waals surface area contributed by atoms with Crippen molar-refractivity contribution in [3.8, 4) is 11.9 Å². The summed E-state index contributed by atoms with van der Waals surface area (Å²) >= 11 is 0. The number of aromatic nitrogens is 1. The molecule has 0 spiro atoms. The van der Waals surface area contributed by atoms with Gasteiger partial charge in [-0.1, -0.05) is 0 Å². The smallest absolute Gasteiger partial charge is 0.269 e. The van der Waals surface area contributed by atoms with Crippen molar-refractivity contribution in [3.63, 3.8) is 0 Å². The second-order valence-corrected chi connectivity index (χ2v) is 5.07. The number of nitriles is 1. The van der Waals surface area contributed by atoms with Crippen LogP contribution < -0.4 is 10.3 Å². The molecule has 8 heteroatoms. The highest BCUT2D eigenvalue weighted by molar-refractivity contribution is 5.91. The van der Waals surface area contributed by atoms with Crippen molar-refractivity contribution < 1.29 is 22.3 Å². The van der Waals surface area contributed by atoms with Crippen LogP contribution in [0.15, 0.2) is 35.1 Å². The molecule has 0 aliphatic heterocycles. The monoisotopic (exact) mass is 348 g/mol. The minimum absolute atomic E-state index is 0.0355. The molecule has 4 nitrogen and oxygen atoms in total. The SMILES string of the molecule is N#Cc1c(=O)[nH]c(OCc2c(F)ccc(F)c2F)c2cc(F)ccc12. The van der Waals surface area contributed by atoms with E-state index in [1.165, 1.54) is 6.07 Å². The van der Waals surface area contributed by atoms with Crippen LogP contribution in [0.2, 0.25) is 0 Å². The summed E-state index contributed by atoms with van der Waals surface area (Å²) in [6.45, 7) is -0.747. The molecule has 3 rings (SSSR count). The number of ether oxygens (including phenoxy) is 1. The topological polar surface area (TPSA) is 65.9 Å². The molecule has 0 saturated carbocycles. The van der Waals surface area contributed by atoms with Gasteiger partial charge in [-0.3, -0.25) is 9.78 Å². The predicted octanol–water partition coefficient (Wildman–Crippen LogP) is 3.54. The van der Waals surface area contributed by atoms with Crippen molar-refractivity contribution in [2.75, 3.05) is 0 Å². The van der Waals surface area contributed by atoms with Crippen LogP contribution in [-0.2, 0) is 6.61 Å². The third kappa shape index (κ3) is 2.92. The number of hydrogen-bond donors (Lipinski definition) is 1. The second kappa shape index (κ2) is 6.28. The Morgan fingerprint density at radius 1 is 1.04 bits per heavy atom. The Hall–Kier alpha value is -3.34. The van der Waals surface area contributed by atoms with Gasteiger partial charge in [-0.25, -0.2) is 17.6 Å². The van der Waals surface area contributed by atoms with Gasteiger partial charge >= 0.3 is 0 Å². The molecule has 0 saturated heterocycles. The fraction of sp³-hybridized carbons (Fsp3) is 0.0588. The van der Waals surface area contributed by atoms with Crippen LogP contribution in [0, 0.1) is 34.6 Å². The van der Waals surface area contributed by atoms with Crippen molar-refractivity contribution in [3.05, 3.63) is 75.1 Å². The number of nitrogens with one attached hydrogen (secondary N) is 1. The van der Waals surface area contributed by atoms with Crippen LogP contribution >= 0.6 is 0 Å². The number of H-pyrrole nitrogens is 1. The minimum Gasteiger partial charge on any atom is -0.473 e. The Bertz CT molecular complexity index is 1090. The molecule has 1 heterocycles. The molecule has 1 aromatic heterocycles. The van der Waals surface area contributed by atoms with Crippen LogP contribution in [0.1, 0.15) is 11.1 Å². The predicted molar refractivity (Wildman–Crippen MR) is 79.9 cm³/mol. The van der Waals surface area contributed by atoms with E-state index >= 15 is 0 Å². The molecule has 0 unspecified atom stereocenters. The third-order valence-corrected chi connectivity index (χ3v) is 3.56. The minimum atomic E-state index is -1.42. The molecule has 1 N–H and O–H groups in total. The Morgan fingerprint density at radius 3 is 2.48 bits per heavy atom. The second-order valence-electron chi connectivity index (χ2n) is 5.07. The average molecular weight is 348 g/mol. The number of nitrogens with zero attached hydrogens (tertiary/aromatic N) is 1. The Kier molecular flexibility index (Phi) is 4.15. The number of benzene rings is 2. The molecule has 126 valence electrons. The van der Waals surface area contributed by atoms with Crippen LogP contribution in [-0.4, -0.2) is 4.98 Å². The molecule has 0 bridgehead atoms. The summed E-state index contributed by atoms with van der Waals surface area (Å²) in [6, 6.07) is 6.32. The lowest BCUT2D eigenvalue weighted by Crippen LogP contribution is -2.14. The van der Waals surface area contributed by atoms with E-state index in [1.807, 2.05) is 0 Å². The highest BCUT2D eigenvalue weighted by atomic mass is 19.2. The Balaban J connectivity index is 2.09. The van der Waals surface area contributed by atoms with Gasteiger partial charge in [-0.05, 0) is 30.3 Å². The van der Waals surface area contributed by atoms with Gasteiger partial charge in [0.2, 0.25) is 5.88 Å². The van der Waals surface area contributed by atoms with Gasteiger partial charge in [-0.15, -0.1) is 0 Å². The first-order chi connectivity index (χ1) is 11.9. The van der Waals surface area contributed by atoms with Gasteiger partial charge in [0.15, 0.2) is 11.6 Å². The molecule has 3 aromatic rings. The fourth-order valence-electron chi connectivity index (χ4n) is 2.35. The van der Waals surface area contributed by atoms with Gasteiger partial charge in [-0.2, -0.15) is 5.26 Å². The van der Waals surface area contributed by atoms with Crippen LogP contribution in [0.25, 0.3) is 10.8 Å². The van der Waals surface area contributed by atoms with Crippen LogP contribution in [0.4, 0.5) is 17.6 Å². The van der Waals surface area contributed by atoms with Crippen LogP contribution in [0.3, 0.4) is 0 Å². The van der Waals surface area contributed by atoms with Gasteiger partial charge in [0, 0.05) is 10.8 Å². The summed E-state index contributed by atoms with van der Waals surface area (Å²) in [5.74, 6) is -4.68. The van der Waals surface area contributed by atoms with E-state index in [-0.39, 0.29) is 22.2 Å². The highest BCUT2D eigenvalue weighted by Crippen LogP contribution is 2.26. The molecule has 0 amide bonds. The van der Waals surface area contributed by atoms with Gasteiger partial charge in [0.25, 0.3) is 5.56 Å². The number of aromatic amines is 1. The number of pyridine rings is 1. The summed E-state index contributed by atoms with van der Waals surface area (Å²) in [7, 11) is 0. The summed E-state index contributed by atoms with van der Waals surface area (Å²) < 4.78 is 59.2. The lowest BCUT2D eigenvalue weighted by molar-refractivity contribution is 0.281. The summed E-state index contributed by atoms with van der Waals surface area (Å²) in [5, 5.41) is 9.19. The van der Waals surface area contributed by atoms with Crippen molar-refractivity contribution in [2.45, 2.75) is 6.61 Å². The van der Waals surface area contributed by atoms with Gasteiger partial charge < -0.3 is 4.74 Å². The zero-order valence-electron chi connectivity index (χ0n) is 12.4. The van der Waals surface area contributed by atoms with Crippen LogP contribution in [0.5, 0.6) is 5.88 Å². The molecule has 0 atom stereocenters. The van der Waals surface area contributed by atoms with E-state index in [2.05, 4.69) is 4.98 Å². The first-order valence-electron chi connectivity index (χ1n) is 6.93. The van der Waals surface area contributed by atoms with Crippen molar-refractivity contribution >= 4 is 10.8 Å². The van der Waals surface area contributed by atoms with E-state index in [0.717, 1.165) is 18.2 Å². The van der Waals surface area contributed by atoms with E-state index in [0.29, 0.717) is 6.07 Å². The molecule has 0 aliphatic rings. The number of fused-ring (bicyclic) bond motifs is 1. The third-order valence-electron chi connectivity index (χ3n) is 3.56. The van der Waals surface area contributed by atoms with E-state index < -0.39 is 41.0 Å². The standard InChI is InChI=1S/C17H8F4N2O2/c18-8-1-2-9-10(5-8)17(23-16(24)11(9)6-22)25-7-12-13(19)3-4-14(20)15(12)21/h1-5H,7H2,(H,23,24). The van der Waals surface area contributed by atoms with Crippen molar-refractivity contribution in [2.24, 2.45) is 0 Å². The number of rotatable bonds is 3. The molecular formula is C17H8F4N2O2. The van der Waals surface area contributed by atoms with Gasteiger partial charge in [0.05, 0.1) is 5.56 Å². The number of halogens is 4. The molecule has 2 aromatic carbocycles. The maximum absolute atomic E-state index is 13.7. The lowest BCUT2D eigenvalue weighted by atomic mass is 10.1. The zero-order chi connectivity index (χ0) is 18.1. The van der Waals surface area contributed by atoms with Crippen molar-refractivity contribution in [1.29, 1.82) is 5.26 Å². The lowest BCUT2D eigenvalue weighted by Gasteiger charge is -2.11. The zero-order valence-corrected chi connectivity index (χ0v) is 12.4. The molecule has 0 aliphatic carbocycles. The number of hydrogen-bond acceptors (Lipinski definition) is 3. The normalized spacial score (nSPS) is 10.7. The Labute approximate surface area is 137 Å². The maximum Gasteiger partial charge on any atom is 0.269 e. The fourth-order valence-corrected chi connectivity index (χ4v) is 2.35. The highest BCUT2D eigenvalue weighted by Gasteiger charge is 2.17. The quantitative estimate of drug-likeness (QED) is 0.582. The molecular weight excluding hydrogens is 340 g/mol. The Morgan fingerprint density at radius 2 is 1.76 bits per heavy atom.